The number of para-hydroxylation sites is 1. The van der Waals surface area contributed by atoms with Gasteiger partial charge in [0.1, 0.15) is 11.5 Å². The molecule has 0 amide bonds. The molecule has 4 rings (SSSR count). The van der Waals surface area contributed by atoms with E-state index in [9.17, 15) is 0 Å². The quantitative estimate of drug-likeness (QED) is 0.577. The van der Waals surface area contributed by atoms with E-state index in [0.29, 0.717) is 17.5 Å². The Morgan fingerprint density at radius 1 is 0.875 bits per heavy atom. The topological polar surface area (TPSA) is 67.9 Å². The molecule has 0 saturated heterocycles. The van der Waals surface area contributed by atoms with Crippen molar-refractivity contribution in [3.05, 3.63) is 54.7 Å². The zero-order valence-corrected chi connectivity index (χ0v) is 13.3. The molecule has 0 bridgehead atoms. The summed E-state index contributed by atoms with van der Waals surface area (Å²) in [6, 6.07) is 15.6. The van der Waals surface area contributed by atoms with Crippen molar-refractivity contribution in [2.75, 3.05) is 19.0 Å². The van der Waals surface area contributed by atoms with Gasteiger partial charge in [0.2, 0.25) is 5.89 Å². The van der Waals surface area contributed by atoms with Crippen LogP contribution in [0, 0.1) is 0 Å². The molecule has 6 nitrogen and oxygen atoms in total. The van der Waals surface area contributed by atoms with E-state index in [2.05, 4.69) is 20.2 Å². The van der Waals surface area contributed by atoms with E-state index in [4.69, 9.17) is 4.42 Å². The minimum absolute atomic E-state index is 0.396. The van der Waals surface area contributed by atoms with Gasteiger partial charge in [-0.05, 0) is 24.3 Å². The van der Waals surface area contributed by atoms with Crippen LogP contribution in [0.3, 0.4) is 0 Å². The van der Waals surface area contributed by atoms with Gasteiger partial charge in [0, 0.05) is 25.7 Å². The van der Waals surface area contributed by atoms with Crippen molar-refractivity contribution in [1.82, 2.24) is 20.2 Å². The van der Waals surface area contributed by atoms with Crippen LogP contribution in [0.15, 0.2) is 59.1 Å². The first-order chi connectivity index (χ1) is 11.7. The standard InChI is InChI=1S/C18H15N5O/c1-23(2)16-10-8-13(11-19-16)17-21-22-18(24-17)15-9-7-12-5-3-4-6-14(12)20-15/h3-11H,1-2H3. The normalized spacial score (nSPS) is 10.9. The van der Waals surface area contributed by atoms with Gasteiger partial charge in [-0.25, -0.2) is 9.97 Å². The predicted molar refractivity (Wildman–Crippen MR) is 92.6 cm³/mol. The number of pyridine rings is 2. The molecular formula is C18H15N5O. The molecule has 0 fully saturated rings. The number of anilines is 1. The Morgan fingerprint density at radius 2 is 1.71 bits per heavy atom. The van der Waals surface area contributed by atoms with Gasteiger partial charge in [-0.2, -0.15) is 0 Å². The second kappa shape index (κ2) is 5.73. The maximum atomic E-state index is 5.77. The first-order valence-corrected chi connectivity index (χ1v) is 7.54. The minimum Gasteiger partial charge on any atom is -0.415 e. The summed E-state index contributed by atoms with van der Waals surface area (Å²) in [5, 5.41) is 9.29. The van der Waals surface area contributed by atoms with Crippen molar-refractivity contribution in [2.24, 2.45) is 0 Å². The number of hydrogen-bond acceptors (Lipinski definition) is 6. The highest BCUT2D eigenvalue weighted by molar-refractivity contribution is 5.80. The molecule has 3 aromatic heterocycles. The van der Waals surface area contributed by atoms with Crippen molar-refractivity contribution in [2.45, 2.75) is 0 Å². The molecule has 3 heterocycles. The first kappa shape index (κ1) is 14.3. The van der Waals surface area contributed by atoms with E-state index in [-0.39, 0.29) is 0 Å². The van der Waals surface area contributed by atoms with Crippen LogP contribution >= 0.6 is 0 Å². The number of fused-ring (bicyclic) bond motifs is 1. The average molecular weight is 317 g/mol. The van der Waals surface area contributed by atoms with E-state index in [0.717, 1.165) is 22.3 Å². The van der Waals surface area contributed by atoms with Crippen molar-refractivity contribution in [3.8, 4) is 23.0 Å². The molecule has 0 saturated carbocycles. The maximum absolute atomic E-state index is 5.77. The van der Waals surface area contributed by atoms with Crippen LogP contribution < -0.4 is 4.90 Å². The molecule has 24 heavy (non-hydrogen) atoms. The number of aromatic nitrogens is 4. The molecule has 0 N–H and O–H groups in total. The molecular weight excluding hydrogens is 302 g/mol. The van der Waals surface area contributed by atoms with Crippen molar-refractivity contribution in [1.29, 1.82) is 0 Å². The number of nitrogens with zero attached hydrogens (tertiary/aromatic N) is 5. The fraction of sp³-hybridized carbons (Fsp3) is 0.111. The van der Waals surface area contributed by atoms with Gasteiger partial charge in [-0.15, -0.1) is 10.2 Å². The summed E-state index contributed by atoms with van der Waals surface area (Å²) in [6.07, 6.45) is 1.72. The molecule has 0 aliphatic carbocycles. The third kappa shape index (κ3) is 2.58. The van der Waals surface area contributed by atoms with Crippen LogP contribution in [0.25, 0.3) is 33.9 Å². The largest absolute Gasteiger partial charge is 0.415 e. The number of hydrogen-bond donors (Lipinski definition) is 0. The molecule has 4 aromatic rings. The first-order valence-electron chi connectivity index (χ1n) is 7.54. The highest BCUT2D eigenvalue weighted by Gasteiger charge is 2.12. The highest BCUT2D eigenvalue weighted by atomic mass is 16.4. The third-order valence-electron chi connectivity index (χ3n) is 3.70. The van der Waals surface area contributed by atoms with Crippen molar-refractivity contribution in [3.63, 3.8) is 0 Å². The average Bonchev–Trinajstić information content (AvgIpc) is 3.11. The third-order valence-corrected chi connectivity index (χ3v) is 3.70. The van der Waals surface area contributed by atoms with Gasteiger partial charge in [0.15, 0.2) is 0 Å². The minimum atomic E-state index is 0.396. The van der Waals surface area contributed by atoms with Gasteiger partial charge >= 0.3 is 0 Å². The van der Waals surface area contributed by atoms with Crippen LogP contribution in [0.2, 0.25) is 0 Å². The van der Waals surface area contributed by atoms with Crippen molar-refractivity contribution >= 4 is 16.7 Å². The summed E-state index contributed by atoms with van der Waals surface area (Å²) in [5.41, 5.74) is 2.33. The zero-order valence-electron chi connectivity index (χ0n) is 13.3. The van der Waals surface area contributed by atoms with Crippen LogP contribution in [0.1, 0.15) is 0 Å². The van der Waals surface area contributed by atoms with Crippen LogP contribution in [0.4, 0.5) is 5.82 Å². The lowest BCUT2D eigenvalue weighted by Gasteiger charge is -2.10. The Bertz CT molecular complexity index is 992. The van der Waals surface area contributed by atoms with Gasteiger partial charge in [0.05, 0.1) is 11.1 Å². The SMILES string of the molecule is CN(C)c1ccc(-c2nnc(-c3ccc4ccccc4n3)o2)cn1. The zero-order chi connectivity index (χ0) is 16.5. The fourth-order valence-corrected chi connectivity index (χ4v) is 2.41. The monoisotopic (exact) mass is 317 g/mol. The molecule has 0 unspecified atom stereocenters. The molecule has 0 aliphatic heterocycles. The van der Waals surface area contributed by atoms with Crippen LogP contribution in [-0.4, -0.2) is 34.3 Å². The summed E-state index contributed by atoms with van der Waals surface area (Å²) < 4.78 is 5.77. The summed E-state index contributed by atoms with van der Waals surface area (Å²) in [4.78, 5) is 10.9. The summed E-state index contributed by atoms with van der Waals surface area (Å²) in [5.74, 6) is 1.69. The molecule has 0 radical (unpaired) electrons. The van der Waals surface area contributed by atoms with Gasteiger partial charge < -0.3 is 9.32 Å². The molecule has 1 aromatic carbocycles. The van der Waals surface area contributed by atoms with E-state index < -0.39 is 0 Å². The second-order valence-electron chi connectivity index (χ2n) is 5.60. The number of rotatable bonds is 3. The Hall–Kier alpha value is -3.28. The Kier molecular flexibility index (Phi) is 3.42. The Morgan fingerprint density at radius 3 is 2.50 bits per heavy atom. The van der Waals surface area contributed by atoms with Crippen molar-refractivity contribution < 1.29 is 4.42 Å². The van der Waals surface area contributed by atoms with E-state index in [1.54, 1.807) is 6.20 Å². The lowest BCUT2D eigenvalue weighted by Crippen LogP contribution is -2.09. The summed E-state index contributed by atoms with van der Waals surface area (Å²) in [7, 11) is 3.89. The molecule has 0 atom stereocenters. The van der Waals surface area contributed by atoms with Gasteiger partial charge in [-0.3, -0.25) is 0 Å². The second-order valence-corrected chi connectivity index (χ2v) is 5.60. The van der Waals surface area contributed by atoms with Crippen LogP contribution in [-0.2, 0) is 0 Å². The smallest absolute Gasteiger partial charge is 0.266 e. The fourth-order valence-electron chi connectivity index (χ4n) is 2.41. The Labute approximate surface area is 138 Å². The van der Waals surface area contributed by atoms with Crippen LogP contribution in [0.5, 0.6) is 0 Å². The van der Waals surface area contributed by atoms with E-state index in [1.165, 1.54) is 0 Å². The lowest BCUT2D eigenvalue weighted by molar-refractivity contribution is 0.582. The van der Waals surface area contributed by atoms with Gasteiger partial charge in [-0.1, -0.05) is 24.3 Å². The predicted octanol–water partition coefficient (Wildman–Crippen LogP) is 3.41. The Balaban J connectivity index is 1.68. The van der Waals surface area contributed by atoms with E-state index in [1.807, 2.05) is 67.5 Å². The van der Waals surface area contributed by atoms with Gasteiger partial charge in [0.25, 0.3) is 5.89 Å². The summed E-state index contributed by atoms with van der Waals surface area (Å²) in [6.45, 7) is 0. The highest BCUT2D eigenvalue weighted by Crippen LogP contribution is 2.24. The lowest BCUT2D eigenvalue weighted by atomic mass is 10.2. The molecule has 6 heteroatoms. The summed E-state index contributed by atoms with van der Waals surface area (Å²) >= 11 is 0. The van der Waals surface area contributed by atoms with E-state index >= 15 is 0 Å². The molecule has 118 valence electrons. The maximum Gasteiger partial charge on any atom is 0.266 e. The molecule has 0 aliphatic rings. The number of benzene rings is 1. The molecule has 0 spiro atoms.